The Labute approximate surface area is 84.0 Å². The van der Waals surface area contributed by atoms with Crippen LogP contribution in [0.25, 0.3) is 0 Å². The fourth-order valence-corrected chi connectivity index (χ4v) is 2.59. The number of aliphatic hydroxyl groups is 1. The van der Waals surface area contributed by atoms with Gasteiger partial charge in [0.05, 0.1) is 6.10 Å². The minimum absolute atomic E-state index is 0.294. The van der Waals surface area contributed by atoms with Crippen LogP contribution in [0, 0.1) is 11.8 Å². The van der Waals surface area contributed by atoms with Crippen molar-refractivity contribution < 1.29 is 5.11 Å². The largest absolute Gasteiger partial charge is 0.387 e. The van der Waals surface area contributed by atoms with E-state index in [0.29, 0.717) is 6.04 Å². The van der Waals surface area contributed by atoms with Crippen molar-refractivity contribution in [2.75, 3.05) is 6.54 Å². The lowest BCUT2D eigenvalue weighted by Crippen LogP contribution is -2.32. The van der Waals surface area contributed by atoms with E-state index in [4.69, 9.17) is 0 Å². The van der Waals surface area contributed by atoms with E-state index in [0.717, 1.165) is 23.9 Å². The van der Waals surface area contributed by atoms with E-state index in [2.05, 4.69) is 5.32 Å². The number of nitrogens with one attached hydrogen (secondary N) is 1. The standard InChI is InChI=1S/C12H15NO/c14-12(8-4-2-1-3-5-8)11-10-6-9(10)7-13-11/h1-5,9-14H,6-7H2. The first-order chi connectivity index (χ1) is 6.86. The molecule has 1 aromatic carbocycles. The van der Waals surface area contributed by atoms with Crippen LogP contribution in [0.1, 0.15) is 18.1 Å². The fourth-order valence-electron chi connectivity index (χ4n) is 2.59. The summed E-state index contributed by atoms with van der Waals surface area (Å²) in [6.07, 6.45) is 0.982. The highest BCUT2D eigenvalue weighted by Crippen LogP contribution is 2.48. The van der Waals surface area contributed by atoms with E-state index in [1.54, 1.807) is 0 Å². The van der Waals surface area contributed by atoms with Crippen molar-refractivity contribution >= 4 is 0 Å². The maximum absolute atomic E-state index is 10.2. The van der Waals surface area contributed by atoms with Gasteiger partial charge in [0.15, 0.2) is 0 Å². The highest BCUT2D eigenvalue weighted by molar-refractivity contribution is 5.21. The highest BCUT2D eigenvalue weighted by Gasteiger charge is 2.50. The maximum Gasteiger partial charge on any atom is 0.0945 e. The first-order valence-electron chi connectivity index (χ1n) is 5.32. The molecule has 4 unspecified atom stereocenters. The molecule has 2 aliphatic rings. The van der Waals surface area contributed by atoms with Crippen LogP contribution in [0.4, 0.5) is 0 Å². The Hall–Kier alpha value is -0.860. The second kappa shape index (κ2) is 3.07. The highest BCUT2D eigenvalue weighted by atomic mass is 16.3. The molecule has 2 nitrogen and oxygen atoms in total. The molecule has 0 bridgehead atoms. The summed E-state index contributed by atoms with van der Waals surface area (Å²) in [6.45, 7) is 1.10. The molecule has 1 aliphatic carbocycles. The third-order valence-corrected chi connectivity index (χ3v) is 3.54. The van der Waals surface area contributed by atoms with Gasteiger partial charge in [-0.2, -0.15) is 0 Å². The van der Waals surface area contributed by atoms with Crippen LogP contribution in [0.2, 0.25) is 0 Å². The molecule has 1 heterocycles. The quantitative estimate of drug-likeness (QED) is 0.735. The van der Waals surface area contributed by atoms with Crippen molar-refractivity contribution in [3.63, 3.8) is 0 Å². The zero-order valence-corrected chi connectivity index (χ0v) is 8.06. The summed E-state index contributed by atoms with van der Waals surface area (Å²) >= 11 is 0. The molecule has 0 aromatic heterocycles. The number of hydrogen-bond donors (Lipinski definition) is 2. The number of piperidine rings is 1. The maximum atomic E-state index is 10.2. The van der Waals surface area contributed by atoms with E-state index in [1.807, 2.05) is 30.3 Å². The van der Waals surface area contributed by atoms with Crippen molar-refractivity contribution in [3.8, 4) is 0 Å². The Morgan fingerprint density at radius 1 is 1.29 bits per heavy atom. The monoisotopic (exact) mass is 189 g/mol. The zero-order valence-electron chi connectivity index (χ0n) is 8.06. The molecular weight excluding hydrogens is 174 g/mol. The lowest BCUT2D eigenvalue weighted by molar-refractivity contribution is 0.127. The molecule has 2 heteroatoms. The van der Waals surface area contributed by atoms with Gasteiger partial charge in [0.2, 0.25) is 0 Å². The molecule has 1 saturated carbocycles. The van der Waals surface area contributed by atoms with Crippen LogP contribution >= 0.6 is 0 Å². The van der Waals surface area contributed by atoms with Crippen molar-refractivity contribution in [1.82, 2.24) is 5.32 Å². The lowest BCUT2D eigenvalue weighted by Gasteiger charge is -2.20. The number of fused-ring (bicyclic) bond motifs is 1. The molecule has 74 valence electrons. The predicted molar refractivity (Wildman–Crippen MR) is 54.8 cm³/mol. The number of hydrogen-bond acceptors (Lipinski definition) is 2. The Morgan fingerprint density at radius 3 is 2.64 bits per heavy atom. The van der Waals surface area contributed by atoms with Crippen molar-refractivity contribution in [2.45, 2.75) is 18.6 Å². The van der Waals surface area contributed by atoms with Gasteiger partial charge in [0.1, 0.15) is 0 Å². The summed E-state index contributed by atoms with van der Waals surface area (Å²) in [5.74, 6) is 1.57. The molecule has 1 saturated heterocycles. The van der Waals surface area contributed by atoms with Gasteiger partial charge in [-0.3, -0.25) is 0 Å². The summed E-state index contributed by atoms with van der Waals surface area (Å²) < 4.78 is 0. The molecule has 1 aliphatic heterocycles. The molecule has 0 amide bonds. The van der Waals surface area contributed by atoms with Gasteiger partial charge >= 0.3 is 0 Å². The first kappa shape index (κ1) is 8.45. The molecular formula is C12H15NO. The molecule has 14 heavy (non-hydrogen) atoms. The molecule has 4 atom stereocenters. The second-order valence-electron chi connectivity index (χ2n) is 4.45. The summed E-state index contributed by atoms with van der Waals surface area (Å²) in [5, 5.41) is 13.6. The average Bonchev–Trinajstić information content (AvgIpc) is 2.91. The van der Waals surface area contributed by atoms with Gasteiger partial charge in [-0.1, -0.05) is 30.3 Å². The molecule has 0 radical (unpaired) electrons. The minimum Gasteiger partial charge on any atom is -0.387 e. The number of rotatable bonds is 2. The summed E-state index contributed by atoms with van der Waals surface area (Å²) in [4.78, 5) is 0. The summed E-state index contributed by atoms with van der Waals surface area (Å²) in [5.41, 5.74) is 1.04. The predicted octanol–water partition coefficient (Wildman–Crippen LogP) is 1.33. The third kappa shape index (κ3) is 1.26. The zero-order chi connectivity index (χ0) is 9.54. The summed E-state index contributed by atoms with van der Waals surface area (Å²) in [7, 11) is 0. The van der Waals surface area contributed by atoms with E-state index in [1.165, 1.54) is 6.42 Å². The molecule has 0 spiro atoms. The van der Waals surface area contributed by atoms with Crippen molar-refractivity contribution in [3.05, 3.63) is 35.9 Å². The van der Waals surface area contributed by atoms with Crippen LogP contribution in [-0.4, -0.2) is 17.7 Å². The molecule has 2 fully saturated rings. The van der Waals surface area contributed by atoms with Gasteiger partial charge < -0.3 is 10.4 Å². The Balaban J connectivity index is 1.79. The van der Waals surface area contributed by atoms with Crippen LogP contribution in [-0.2, 0) is 0 Å². The van der Waals surface area contributed by atoms with Crippen LogP contribution in [0.5, 0.6) is 0 Å². The van der Waals surface area contributed by atoms with E-state index >= 15 is 0 Å². The Kier molecular flexibility index (Phi) is 1.85. The first-order valence-corrected chi connectivity index (χ1v) is 5.32. The second-order valence-corrected chi connectivity index (χ2v) is 4.45. The third-order valence-electron chi connectivity index (χ3n) is 3.54. The van der Waals surface area contributed by atoms with Gasteiger partial charge in [-0.25, -0.2) is 0 Å². The lowest BCUT2D eigenvalue weighted by atomic mass is 10.00. The molecule has 2 N–H and O–H groups in total. The van der Waals surface area contributed by atoms with Crippen LogP contribution in [0.3, 0.4) is 0 Å². The Morgan fingerprint density at radius 2 is 2.07 bits per heavy atom. The summed E-state index contributed by atoms with van der Waals surface area (Å²) in [6, 6.07) is 10.3. The fraction of sp³-hybridized carbons (Fsp3) is 0.500. The molecule has 3 rings (SSSR count). The molecule has 1 aromatic rings. The van der Waals surface area contributed by atoms with E-state index in [9.17, 15) is 5.11 Å². The Bertz CT molecular complexity index is 324. The minimum atomic E-state index is -0.325. The van der Waals surface area contributed by atoms with E-state index in [-0.39, 0.29) is 6.10 Å². The normalized spacial score (nSPS) is 36.5. The van der Waals surface area contributed by atoms with Crippen molar-refractivity contribution in [2.24, 2.45) is 11.8 Å². The SMILES string of the molecule is OC(c1ccccc1)C1NCC2CC21. The smallest absolute Gasteiger partial charge is 0.0945 e. The van der Waals surface area contributed by atoms with Gasteiger partial charge in [-0.05, 0) is 30.4 Å². The van der Waals surface area contributed by atoms with Gasteiger partial charge in [0.25, 0.3) is 0 Å². The number of benzene rings is 1. The van der Waals surface area contributed by atoms with E-state index < -0.39 is 0 Å². The van der Waals surface area contributed by atoms with Crippen LogP contribution < -0.4 is 5.32 Å². The average molecular weight is 189 g/mol. The topological polar surface area (TPSA) is 32.3 Å². The van der Waals surface area contributed by atoms with Crippen LogP contribution in [0.15, 0.2) is 30.3 Å². The van der Waals surface area contributed by atoms with Gasteiger partial charge in [-0.15, -0.1) is 0 Å². The van der Waals surface area contributed by atoms with Crippen molar-refractivity contribution in [1.29, 1.82) is 0 Å². The van der Waals surface area contributed by atoms with Gasteiger partial charge in [0, 0.05) is 6.04 Å². The number of aliphatic hydroxyl groups excluding tert-OH is 1.